The topological polar surface area (TPSA) is 0 Å². The van der Waals surface area contributed by atoms with Crippen molar-refractivity contribution >= 4 is 6.08 Å². The van der Waals surface area contributed by atoms with Crippen molar-refractivity contribution in [1.82, 2.24) is 0 Å². The van der Waals surface area contributed by atoms with E-state index in [2.05, 4.69) is 55.5 Å². The molecule has 0 saturated heterocycles. The van der Waals surface area contributed by atoms with E-state index in [-0.39, 0.29) is 0 Å². The molecule has 0 N–H and O–H groups in total. The summed E-state index contributed by atoms with van der Waals surface area (Å²) in [5.74, 6) is 0. The van der Waals surface area contributed by atoms with Gasteiger partial charge in [-0.25, -0.2) is 0 Å². The van der Waals surface area contributed by atoms with Gasteiger partial charge in [0.1, 0.15) is 0 Å². The number of hydrogen-bond donors (Lipinski definition) is 0. The zero-order valence-corrected chi connectivity index (χ0v) is 9.48. The lowest BCUT2D eigenvalue weighted by Crippen LogP contribution is -1.72. The molecule has 0 aliphatic rings. The molecule has 0 fully saturated rings. The molecule has 1 aromatic rings. The molecule has 0 radical (unpaired) electrons. The molecule has 0 heteroatoms. The van der Waals surface area contributed by atoms with Crippen LogP contribution in [-0.2, 0) is 0 Å². The number of allylic oxidation sites excluding steroid dienone is 5. The van der Waals surface area contributed by atoms with Crippen LogP contribution in [0.25, 0.3) is 6.08 Å². The molecule has 0 aliphatic carbocycles. The van der Waals surface area contributed by atoms with Gasteiger partial charge in [-0.2, -0.15) is 0 Å². The second-order valence-corrected chi connectivity index (χ2v) is 3.50. The molecule has 0 amide bonds. The lowest BCUT2D eigenvalue weighted by Gasteiger charge is -1.93. The number of aryl methyl sites for hydroxylation is 1. The SMILES string of the molecule is C/C=C\C=C/CC=Cc1ccc(C)cc1. The molecular weight excluding hydrogens is 180 g/mol. The highest BCUT2D eigenvalue weighted by atomic mass is 13.9. The minimum atomic E-state index is 0.984. The summed E-state index contributed by atoms with van der Waals surface area (Å²) in [5.41, 5.74) is 2.57. The van der Waals surface area contributed by atoms with Crippen LogP contribution in [0.4, 0.5) is 0 Å². The first-order chi connectivity index (χ1) is 7.33. The van der Waals surface area contributed by atoms with Crippen molar-refractivity contribution in [3.8, 4) is 0 Å². The molecule has 78 valence electrons. The Kier molecular flexibility index (Phi) is 5.24. The molecule has 1 rings (SSSR count). The average Bonchev–Trinajstić information content (AvgIpc) is 2.26. The third kappa shape index (κ3) is 5.02. The van der Waals surface area contributed by atoms with Crippen LogP contribution in [0.5, 0.6) is 0 Å². The maximum atomic E-state index is 2.17. The maximum Gasteiger partial charge on any atom is -0.0163 e. The molecule has 0 heterocycles. The summed E-state index contributed by atoms with van der Waals surface area (Å²) in [7, 11) is 0. The Morgan fingerprint density at radius 2 is 1.73 bits per heavy atom. The van der Waals surface area contributed by atoms with E-state index in [1.54, 1.807) is 0 Å². The Labute approximate surface area is 92.6 Å². The van der Waals surface area contributed by atoms with Crippen molar-refractivity contribution in [3.63, 3.8) is 0 Å². The van der Waals surface area contributed by atoms with Crippen LogP contribution < -0.4 is 0 Å². The molecule has 15 heavy (non-hydrogen) atoms. The minimum Gasteiger partial charge on any atom is -0.0877 e. The highest BCUT2D eigenvalue weighted by molar-refractivity contribution is 5.49. The van der Waals surface area contributed by atoms with Crippen LogP contribution in [0.15, 0.2) is 54.6 Å². The highest BCUT2D eigenvalue weighted by Gasteiger charge is 1.84. The van der Waals surface area contributed by atoms with Gasteiger partial charge in [-0.15, -0.1) is 0 Å². The van der Waals surface area contributed by atoms with Crippen LogP contribution >= 0.6 is 0 Å². The second kappa shape index (κ2) is 6.83. The highest BCUT2D eigenvalue weighted by Crippen LogP contribution is 2.05. The van der Waals surface area contributed by atoms with Crippen LogP contribution in [0.1, 0.15) is 24.5 Å². The van der Waals surface area contributed by atoms with Crippen molar-refractivity contribution < 1.29 is 0 Å². The van der Waals surface area contributed by atoms with Gasteiger partial charge < -0.3 is 0 Å². The lowest BCUT2D eigenvalue weighted by atomic mass is 10.1. The predicted octanol–water partition coefficient (Wildman–Crippen LogP) is 4.53. The van der Waals surface area contributed by atoms with Gasteiger partial charge in [-0.05, 0) is 25.8 Å². The third-order valence-electron chi connectivity index (χ3n) is 2.10. The van der Waals surface area contributed by atoms with Crippen LogP contribution in [-0.4, -0.2) is 0 Å². The van der Waals surface area contributed by atoms with E-state index in [4.69, 9.17) is 0 Å². The molecule has 0 aliphatic heterocycles. The van der Waals surface area contributed by atoms with E-state index in [0.717, 1.165) is 6.42 Å². The predicted molar refractivity (Wildman–Crippen MR) is 68.8 cm³/mol. The summed E-state index contributed by atoms with van der Waals surface area (Å²) >= 11 is 0. The summed E-state index contributed by atoms with van der Waals surface area (Å²) in [5, 5.41) is 0. The van der Waals surface area contributed by atoms with Gasteiger partial charge in [0, 0.05) is 0 Å². The molecule has 0 bridgehead atoms. The Morgan fingerprint density at radius 3 is 2.40 bits per heavy atom. The summed E-state index contributed by atoms with van der Waals surface area (Å²) in [6, 6.07) is 8.55. The van der Waals surface area contributed by atoms with E-state index in [0.29, 0.717) is 0 Å². The van der Waals surface area contributed by atoms with Crippen LogP contribution in [0.3, 0.4) is 0 Å². The summed E-state index contributed by atoms with van der Waals surface area (Å²) in [6.07, 6.45) is 13.6. The minimum absolute atomic E-state index is 0.984. The zero-order chi connectivity index (χ0) is 10.9. The number of hydrogen-bond acceptors (Lipinski definition) is 0. The standard InChI is InChI=1S/C15H18/c1-3-4-5-6-7-8-9-15-12-10-14(2)11-13-15/h3-6,8-13H,7H2,1-2H3/b4-3-,6-5-,9-8?. The Balaban J connectivity index is 2.41. The third-order valence-corrected chi connectivity index (χ3v) is 2.10. The normalized spacial score (nSPS) is 12.1. The van der Waals surface area contributed by atoms with E-state index < -0.39 is 0 Å². The van der Waals surface area contributed by atoms with Gasteiger partial charge in [0.15, 0.2) is 0 Å². The smallest absolute Gasteiger partial charge is 0.0163 e. The molecular formula is C15H18. The van der Waals surface area contributed by atoms with Gasteiger partial charge in [0.25, 0.3) is 0 Å². The first-order valence-electron chi connectivity index (χ1n) is 5.34. The molecule has 0 atom stereocenters. The number of rotatable bonds is 4. The van der Waals surface area contributed by atoms with Crippen LogP contribution in [0.2, 0.25) is 0 Å². The van der Waals surface area contributed by atoms with Gasteiger partial charge in [0.05, 0.1) is 0 Å². The van der Waals surface area contributed by atoms with E-state index in [1.165, 1.54) is 11.1 Å². The van der Waals surface area contributed by atoms with Gasteiger partial charge in [-0.3, -0.25) is 0 Å². The zero-order valence-electron chi connectivity index (χ0n) is 9.48. The van der Waals surface area contributed by atoms with Gasteiger partial charge in [0.2, 0.25) is 0 Å². The molecule has 0 spiro atoms. The summed E-state index contributed by atoms with van der Waals surface area (Å²) in [6.45, 7) is 4.12. The molecule has 1 aromatic carbocycles. The van der Waals surface area contributed by atoms with Crippen molar-refractivity contribution in [2.24, 2.45) is 0 Å². The first-order valence-corrected chi connectivity index (χ1v) is 5.34. The maximum absolute atomic E-state index is 2.17. The second-order valence-electron chi connectivity index (χ2n) is 3.50. The fraction of sp³-hybridized carbons (Fsp3) is 0.200. The molecule has 0 aromatic heterocycles. The fourth-order valence-corrected chi connectivity index (χ4v) is 1.23. The van der Waals surface area contributed by atoms with Crippen molar-refractivity contribution in [3.05, 3.63) is 65.8 Å². The molecule has 0 saturated carbocycles. The van der Waals surface area contributed by atoms with E-state index >= 15 is 0 Å². The van der Waals surface area contributed by atoms with E-state index in [9.17, 15) is 0 Å². The molecule has 0 nitrogen and oxygen atoms in total. The Bertz CT molecular complexity index is 350. The van der Waals surface area contributed by atoms with Crippen molar-refractivity contribution in [2.75, 3.05) is 0 Å². The van der Waals surface area contributed by atoms with Gasteiger partial charge in [-0.1, -0.05) is 66.3 Å². The average molecular weight is 198 g/mol. The van der Waals surface area contributed by atoms with Gasteiger partial charge >= 0.3 is 0 Å². The largest absolute Gasteiger partial charge is 0.0877 e. The van der Waals surface area contributed by atoms with E-state index in [1.807, 2.05) is 19.1 Å². The summed E-state index contributed by atoms with van der Waals surface area (Å²) in [4.78, 5) is 0. The van der Waals surface area contributed by atoms with Crippen molar-refractivity contribution in [2.45, 2.75) is 20.3 Å². The molecule has 0 unspecified atom stereocenters. The monoisotopic (exact) mass is 198 g/mol. The number of benzene rings is 1. The first kappa shape index (κ1) is 11.5. The summed E-state index contributed by atoms with van der Waals surface area (Å²) < 4.78 is 0. The van der Waals surface area contributed by atoms with Crippen molar-refractivity contribution in [1.29, 1.82) is 0 Å². The quantitative estimate of drug-likeness (QED) is 0.623. The Morgan fingerprint density at radius 1 is 1.00 bits per heavy atom. The lowest BCUT2D eigenvalue weighted by molar-refractivity contribution is 1.40. The van der Waals surface area contributed by atoms with Crippen LogP contribution in [0, 0.1) is 6.92 Å². The fourth-order valence-electron chi connectivity index (χ4n) is 1.23. The Hall–Kier alpha value is -1.56.